The molecule has 0 spiro atoms. The molecule has 0 aromatic heterocycles. The summed E-state index contributed by atoms with van der Waals surface area (Å²) in [5.41, 5.74) is 7.63. The van der Waals surface area contributed by atoms with E-state index in [1.165, 1.54) is 18.2 Å². The molecular weight excluding hydrogens is 484 g/mol. The lowest BCUT2D eigenvalue weighted by atomic mass is 10.2. The molecule has 0 saturated heterocycles. The zero-order valence-corrected chi connectivity index (χ0v) is 20.0. The zero-order chi connectivity index (χ0) is 27.2. The predicted octanol–water partition coefficient (Wildman–Crippen LogP) is 2.71. The van der Waals surface area contributed by atoms with Crippen molar-refractivity contribution < 1.29 is 25.2 Å². The van der Waals surface area contributed by atoms with Gasteiger partial charge in [0.15, 0.2) is 0 Å². The first-order valence-electron chi connectivity index (χ1n) is 11.3. The van der Waals surface area contributed by atoms with Crippen molar-refractivity contribution in [3.63, 3.8) is 0 Å². The second-order valence-electron chi connectivity index (χ2n) is 7.56. The number of nitrogens with two attached hydrogens (primary N) is 1. The summed E-state index contributed by atoms with van der Waals surface area (Å²) >= 11 is 0. The molecule has 0 radical (unpaired) electrons. The minimum atomic E-state index is -0.542. The van der Waals surface area contributed by atoms with Crippen molar-refractivity contribution in [1.82, 2.24) is 0 Å². The maximum Gasteiger partial charge on any atom is 0.294 e. The number of aliphatic hydroxyl groups excluding tert-OH is 3. The molecule has 0 aliphatic rings. The number of anilines is 5. The molecule has 13 nitrogen and oxygen atoms in total. The Hall–Kier alpha value is -4.46. The molecule has 0 aliphatic carbocycles. The van der Waals surface area contributed by atoms with Crippen LogP contribution in [0.2, 0.25) is 0 Å². The van der Waals surface area contributed by atoms with Gasteiger partial charge in [0.05, 0.1) is 29.7 Å². The Balaban J connectivity index is 0.000000294. The Morgan fingerprint density at radius 3 is 2.00 bits per heavy atom. The van der Waals surface area contributed by atoms with Crippen LogP contribution in [0.15, 0.2) is 66.7 Å². The quantitative estimate of drug-likeness (QED) is 0.118. The van der Waals surface area contributed by atoms with Crippen LogP contribution >= 0.6 is 0 Å². The van der Waals surface area contributed by atoms with Crippen LogP contribution in [0.1, 0.15) is 0 Å². The third-order valence-electron chi connectivity index (χ3n) is 5.00. The third kappa shape index (κ3) is 8.92. The number of rotatable bonds is 12. The number of aliphatic hydroxyl groups is 3. The molecule has 7 N–H and O–H groups in total. The Morgan fingerprint density at radius 1 is 0.784 bits per heavy atom. The number of benzene rings is 3. The highest BCUT2D eigenvalue weighted by molar-refractivity contribution is 5.73. The Bertz CT molecular complexity index is 1160. The van der Waals surface area contributed by atoms with Crippen LogP contribution < -0.4 is 21.3 Å². The largest absolute Gasteiger partial charge is 0.395 e. The van der Waals surface area contributed by atoms with Crippen LogP contribution in [-0.2, 0) is 0 Å². The number of hydrogen-bond acceptors (Lipinski definition) is 11. The first-order chi connectivity index (χ1) is 17.8. The standard InChI is InChI=1S/C16H19N3O4.C8H11N3O3/c20-10-8-18(9-11-21)14-6-7-15(16(12-14)19(22)23)17-13-4-2-1-3-5-13;9-7-2-1-6(10-3-4-12)5-8(7)11(13)14/h1-7,12,17,20-21H,8-11H2;1-2,5,10,12H,3-4,9H2. The highest BCUT2D eigenvalue weighted by atomic mass is 16.6. The van der Waals surface area contributed by atoms with E-state index in [0.717, 1.165) is 5.69 Å². The fraction of sp³-hybridized carbons (Fsp3) is 0.250. The number of nitro groups is 2. The summed E-state index contributed by atoms with van der Waals surface area (Å²) in [6.07, 6.45) is 0. The summed E-state index contributed by atoms with van der Waals surface area (Å²) in [6.45, 7) is 0.710. The summed E-state index contributed by atoms with van der Waals surface area (Å²) < 4.78 is 0. The number of nitro benzene ring substituents is 2. The lowest BCUT2D eigenvalue weighted by Gasteiger charge is -2.23. The Labute approximate surface area is 213 Å². The van der Waals surface area contributed by atoms with E-state index in [0.29, 0.717) is 36.7 Å². The number of nitrogens with one attached hydrogen (secondary N) is 2. The maximum atomic E-state index is 11.4. The second kappa shape index (κ2) is 14.8. The summed E-state index contributed by atoms with van der Waals surface area (Å²) in [6, 6.07) is 18.4. The molecule has 0 heterocycles. The van der Waals surface area contributed by atoms with Gasteiger partial charge >= 0.3 is 0 Å². The molecule has 0 fully saturated rings. The van der Waals surface area contributed by atoms with Gasteiger partial charge in [-0.3, -0.25) is 20.2 Å². The van der Waals surface area contributed by atoms with Gasteiger partial charge in [-0.15, -0.1) is 0 Å². The van der Waals surface area contributed by atoms with E-state index in [9.17, 15) is 20.2 Å². The molecule has 37 heavy (non-hydrogen) atoms. The van der Waals surface area contributed by atoms with Crippen LogP contribution in [0.3, 0.4) is 0 Å². The lowest BCUT2D eigenvalue weighted by Crippen LogP contribution is -2.29. The summed E-state index contributed by atoms with van der Waals surface area (Å²) in [5, 5.41) is 54.4. The molecule has 13 heteroatoms. The number of nitrogen functional groups attached to an aromatic ring is 1. The monoisotopic (exact) mass is 514 g/mol. The fourth-order valence-corrected chi connectivity index (χ4v) is 3.27. The molecule has 3 rings (SSSR count). The van der Waals surface area contributed by atoms with Gasteiger partial charge in [0.25, 0.3) is 11.4 Å². The van der Waals surface area contributed by atoms with Gasteiger partial charge in [-0.1, -0.05) is 18.2 Å². The van der Waals surface area contributed by atoms with Gasteiger partial charge in [0, 0.05) is 48.8 Å². The topological polar surface area (TPSA) is 200 Å². The molecule has 198 valence electrons. The van der Waals surface area contributed by atoms with Crippen LogP contribution in [0.25, 0.3) is 0 Å². The van der Waals surface area contributed by atoms with E-state index in [1.807, 2.05) is 30.3 Å². The van der Waals surface area contributed by atoms with Crippen molar-refractivity contribution in [1.29, 1.82) is 0 Å². The minimum absolute atomic E-state index is 0.0296. The number of nitrogens with zero attached hydrogens (tertiary/aromatic N) is 3. The second-order valence-corrected chi connectivity index (χ2v) is 7.56. The van der Waals surface area contributed by atoms with E-state index < -0.39 is 9.85 Å². The van der Waals surface area contributed by atoms with E-state index >= 15 is 0 Å². The molecular formula is C24H30N6O7. The summed E-state index contributed by atoms with van der Waals surface area (Å²) in [5.74, 6) is 0. The Kier molecular flexibility index (Phi) is 11.5. The van der Waals surface area contributed by atoms with Crippen molar-refractivity contribution in [2.24, 2.45) is 0 Å². The third-order valence-corrected chi connectivity index (χ3v) is 5.00. The molecule has 0 atom stereocenters. The van der Waals surface area contributed by atoms with E-state index in [2.05, 4.69) is 10.6 Å². The van der Waals surface area contributed by atoms with Gasteiger partial charge < -0.3 is 36.6 Å². The number of hydrogen-bond donors (Lipinski definition) is 6. The molecule has 3 aromatic rings. The Morgan fingerprint density at radius 2 is 1.43 bits per heavy atom. The lowest BCUT2D eigenvalue weighted by molar-refractivity contribution is -0.384. The van der Waals surface area contributed by atoms with Gasteiger partial charge in [-0.25, -0.2) is 0 Å². The predicted molar refractivity (Wildman–Crippen MR) is 142 cm³/mol. The van der Waals surface area contributed by atoms with Crippen molar-refractivity contribution in [2.45, 2.75) is 0 Å². The smallest absolute Gasteiger partial charge is 0.294 e. The molecule has 0 amide bonds. The van der Waals surface area contributed by atoms with Crippen molar-refractivity contribution >= 4 is 39.8 Å². The average molecular weight is 515 g/mol. The molecule has 0 unspecified atom stereocenters. The minimum Gasteiger partial charge on any atom is -0.395 e. The van der Waals surface area contributed by atoms with E-state index in [1.54, 1.807) is 23.1 Å². The summed E-state index contributed by atoms with van der Waals surface area (Å²) in [7, 11) is 0. The van der Waals surface area contributed by atoms with Gasteiger partial charge in [-0.05, 0) is 36.4 Å². The first kappa shape index (κ1) is 28.8. The van der Waals surface area contributed by atoms with Crippen LogP contribution in [0.5, 0.6) is 0 Å². The van der Waals surface area contributed by atoms with Gasteiger partial charge in [0.1, 0.15) is 11.4 Å². The van der Waals surface area contributed by atoms with Crippen LogP contribution in [0.4, 0.5) is 39.8 Å². The molecule has 0 bridgehead atoms. The van der Waals surface area contributed by atoms with Gasteiger partial charge in [-0.2, -0.15) is 0 Å². The van der Waals surface area contributed by atoms with E-state index in [4.69, 9.17) is 21.1 Å². The fourth-order valence-electron chi connectivity index (χ4n) is 3.27. The molecule has 3 aromatic carbocycles. The first-order valence-corrected chi connectivity index (χ1v) is 11.3. The van der Waals surface area contributed by atoms with Crippen LogP contribution in [0, 0.1) is 20.2 Å². The summed E-state index contributed by atoms with van der Waals surface area (Å²) in [4.78, 5) is 22.5. The molecule has 0 aliphatic heterocycles. The maximum absolute atomic E-state index is 11.4. The highest BCUT2D eigenvalue weighted by Crippen LogP contribution is 2.32. The highest BCUT2D eigenvalue weighted by Gasteiger charge is 2.17. The zero-order valence-electron chi connectivity index (χ0n) is 20.0. The van der Waals surface area contributed by atoms with Gasteiger partial charge in [0.2, 0.25) is 0 Å². The average Bonchev–Trinajstić information content (AvgIpc) is 2.89. The van der Waals surface area contributed by atoms with Crippen molar-refractivity contribution in [3.05, 3.63) is 87.0 Å². The number of para-hydroxylation sites is 1. The van der Waals surface area contributed by atoms with Crippen LogP contribution in [-0.4, -0.2) is 64.6 Å². The van der Waals surface area contributed by atoms with Crippen molar-refractivity contribution in [2.75, 3.05) is 60.7 Å². The normalized spacial score (nSPS) is 10.1. The van der Waals surface area contributed by atoms with Crippen molar-refractivity contribution in [3.8, 4) is 0 Å². The van der Waals surface area contributed by atoms with E-state index in [-0.39, 0.29) is 36.9 Å². The SMILES string of the molecule is Nc1ccc(NCCO)cc1[N+](=O)[O-].O=[N+]([O-])c1cc(N(CCO)CCO)ccc1Nc1ccccc1. The molecule has 0 saturated carbocycles.